The van der Waals surface area contributed by atoms with E-state index >= 15 is 0 Å². The first-order chi connectivity index (χ1) is 5.75. The van der Waals surface area contributed by atoms with E-state index in [1.54, 1.807) is 0 Å². The van der Waals surface area contributed by atoms with Crippen molar-refractivity contribution in [3.63, 3.8) is 0 Å². The first-order valence-corrected chi connectivity index (χ1v) is 4.04. The van der Waals surface area contributed by atoms with Gasteiger partial charge in [0, 0.05) is 5.92 Å². The summed E-state index contributed by atoms with van der Waals surface area (Å²) in [6.07, 6.45) is 0. The average molecular weight is 175 g/mol. The topological polar surface area (TPSA) is 49.3 Å². The molecule has 1 aliphatic carbocycles. The lowest BCUT2D eigenvalue weighted by Gasteiger charge is -2.09. The lowest BCUT2D eigenvalue weighted by Crippen LogP contribution is -2.34. The molecule has 0 aromatic carbocycles. The summed E-state index contributed by atoms with van der Waals surface area (Å²) in [5.74, 6) is 1.29. The Bertz CT molecular complexity index is 186. The summed E-state index contributed by atoms with van der Waals surface area (Å²) < 4.78 is 9.50. The maximum Gasteiger partial charge on any atom is 0.224 e. The molecule has 1 aliphatic heterocycles. The lowest BCUT2D eigenvalue weighted by molar-refractivity contribution is -0.121. The maximum absolute atomic E-state index is 11.0. The Kier molecular flexibility index (Phi) is 2.67. The monoisotopic (exact) mass is 175 g/mol. The van der Waals surface area contributed by atoms with E-state index in [1.807, 2.05) is 0 Å². The second kappa shape index (κ2) is 3.39. The van der Waals surface area contributed by atoms with Gasteiger partial charge in [0.2, 0.25) is 5.91 Å². The highest BCUT2D eigenvalue weighted by Crippen LogP contribution is 2.51. The molecular formula is C8H14FNO2. The lowest BCUT2D eigenvalue weighted by atomic mass is 10.2. The first kappa shape index (κ1) is 9.45. The molecule has 0 bridgehead atoms. The fourth-order valence-corrected chi connectivity index (χ4v) is 2.07. The molecular weight excluding hydrogens is 161 g/mol. The molecule has 2 N–H and O–H groups in total. The zero-order valence-corrected chi connectivity index (χ0v) is 7.25. The number of aliphatic hydroxyl groups is 1. The van der Waals surface area contributed by atoms with Crippen LogP contribution in [0.4, 0.5) is 4.39 Å². The fourth-order valence-electron chi connectivity index (χ4n) is 2.07. The van der Waals surface area contributed by atoms with Gasteiger partial charge in [0.15, 0.2) is 0 Å². The van der Waals surface area contributed by atoms with Crippen molar-refractivity contribution in [3.05, 3.63) is 0 Å². The van der Waals surface area contributed by atoms with Crippen LogP contribution in [0.2, 0.25) is 0 Å². The number of hydrogen-bond acceptors (Lipinski definition) is 2. The molecule has 4 heteroatoms. The summed E-state index contributed by atoms with van der Waals surface area (Å²) in [5.41, 5.74) is 0. The van der Waals surface area contributed by atoms with E-state index < -0.39 is 0 Å². The number of nitrogens with one attached hydrogen (secondary N) is 1. The van der Waals surface area contributed by atoms with E-state index in [9.17, 15) is 9.18 Å². The van der Waals surface area contributed by atoms with Gasteiger partial charge in [-0.15, -0.1) is 0 Å². The van der Waals surface area contributed by atoms with Crippen LogP contribution < -0.4 is 5.32 Å². The maximum atomic E-state index is 11.0. The van der Waals surface area contributed by atoms with Gasteiger partial charge in [-0.3, -0.25) is 9.18 Å². The van der Waals surface area contributed by atoms with E-state index in [1.165, 1.54) is 0 Å². The number of alkyl halides is 1. The predicted molar refractivity (Wildman–Crippen MR) is 42.2 cm³/mol. The minimum Gasteiger partial charge on any atom is -0.394 e. The van der Waals surface area contributed by atoms with Crippen LogP contribution in [-0.4, -0.2) is 30.8 Å². The van der Waals surface area contributed by atoms with Gasteiger partial charge in [-0.2, -0.15) is 0 Å². The molecule has 2 fully saturated rings. The molecule has 12 heavy (non-hydrogen) atoms. The quantitative estimate of drug-likeness (QED) is 0.586. The second-order valence-corrected chi connectivity index (χ2v) is 3.26. The molecule has 2 aliphatic rings. The van der Waals surface area contributed by atoms with Crippen molar-refractivity contribution in [2.75, 3.05) is 13.8 Å². The van der Waals surface area contributed by atoms with E-state index in [2.05, 4.69) is 12.2 Å². The highest BCUT2D eigenvalue weighted by atomic mass is 19.1. The third-order valence-corrected chi connectivity index (χ3v) is 2.74. The number of carbonyl (C=O) groups excluding carboxylic acids is 1. The number of aliphatic hydroxyl groups excluding tert-OH is 1. The van der Waals surface area contributed by atoms with Crippen LogP contribution in [0.3, 0.4) is 0 Å². The summed E-state index contributed by atoms with van der Waals surface area (Å²) in [6.45, 7) is 2.16. The SMILES string of the molecule is CC1C2C(=O)NC(CO)C12.CF. The van der Waals surface area contributed by atoms with Gasteiger partial charge >= 0.3 is 0 Å². The molecule has 4 atom stereocenters. The highest BCUT2D eigenvalue weighted by Gasteiger charge is 2.60. The van der Waals surface area contributed by atoms with Crippen LogP contribution in [0, 0.1) is 17.8 Å². The van der Waals surface area contributed by atoms with Crippen molar-refractivity contribution in [2.24, 2.45) is 17.8 Å². The van der Waals surface area contributed by atoms with Gasteiger partial charge in [0.1, 0.15) is 0 Å². The predicted octanol–water partition coefficient (Wildman–Crippen LogP) is -0.0551. The molecule has 0 radical (unpaired) electrons. The zero-order valence-electron chi connectivity index (χ0n) is 7.25. The van der Waals surface area contributed by atoms with Crippen LogP contribution in [0.1, 0.15) is 6.92 Å². The van der Waals surface area contributed by atoms with E-state index in [0.29, 0.717) is 19.0 Å². The number of fused-ring (bicyclic) bond motifs is 1. The number of halogens is 1. The van der Waals surface area contributed by atoms with Gasteiger partial charge in [0.05, 0.1) is 19.8 Å². The van der Waals surface area contributed by atoms with Gasteiger partial charge < -0.3 is 10.4 Å². The van der Waals surface area contributed by atoms with Crippen molar-refractivity contribution in [2.45, 2.75) is 13.0 Å². The Morgan fingerprint density at radius 3 is 2.42 bits per heavy atom. The van der Waals surface area contributed by atoms with Crippen molar-refractivity contribution in [1.82, 2.24) is 5.32 Å². The molecule has 1 amide bonds. The summed E-state index contributed by atoms with van der Waals surface area (Å²) in [7, 11) is 0.500. The number of rotatable bonds is 1. The van der Waals surface area contributed by atoms with Crippen LogP contribution >= 0.6 is 0 Å². The molecule has 0 spiro atoms. The Balaban J connectivity index is 0.000000336. The summed E-state index contributed by atoms with van der Waals surface area (Å²) in [5, 5.41) is 11.5. The minimum absolute atomic E-state index is 0.0486. The largest absolute Gasteiger partial charge is 0.394 e. The molecule has 0 aromatic heterocycles. The normalized spacial score (nSPS) is 42.5. The highest BCUT2D eigenvalue weighted by molar-refractivity contribution is 5.85. The van der Waals surface area contributed by atoms with Gasteiger partial charge in [0.25, 0.3) is 0 Å². The van der Waals surface area contributed by atoms with Crippen molar-refractivity contribution in [3.8, 4) is 0 Å². The first-order valence-electron chi connectivity index (χ1n) is 4.04. The molecule has 1 heterocycles. The summed E-state index contributed by atoms with van der Waals surface area (Å²) in [6, 6.07) is 0.0486. The Labute approximate surface area is 71.0 Å². The van der Waals surface area contributed by atoms with Crippen LogP contribution in [0.5, 0.6) is 0 Å². The van der Waals surface area contributed by atoms with Crippen molar-refractivity contribution < 1.29 is 14.3 Å². The Hall–Kier alpha value is -0.640. The number of piperidine rings is 1. The summed E-state index contributed by atoms with van der Waals surface area (Å²) >= 11 is 0. The molecule has 70 valence electrons. The smallest absolute Gasteiger partial charge is 0.224 e. The average Bonchev–Trinajstić information content (AvgIpc) is 2.62. The van der Waals surface area contributed by atoms with Gasteiger partial charge in [-0.1, -0.05) is 6.92 Å². The van der Waals surface area contributed by atoms with Crippen molar-refractivity contribution >= 4 is 5.91 Å². The standard InChI is InChI=1S/C7H11NO2.CH3F/c1-3-5-4(2-9)8-7(10)6(3)5;1-2/h3-6,9H,2H2,1H3,(H,8,10);1H3. The van der Waals surface area contributed by atoms with E-state index in [-0.39, 0.29) is 24.5 Å². The van der Waals surface area contributed by atoms with E-state index in [0.717, 1.165) is 0 Å². The molecule has 2 rings (SSSR count). The Morgan fingerprint density at radius 2 is 2.17 bits per heavy atom. The number of hydrogen-bond donors (Lipinski definition) is 2. The molecule has 3 nitrogen and oxygen atoms in total. The molecule has 0 aromatic rings. The van der Waals surface area contributed by atoms with Crippen molar-refractivity contribution in [1.29, 1.82) is 0 Å². The van der Waals surface area contributed by atoms with Crippen LogP contribution in [0.25, 0.3) is 0 Å². The second-order valence-electron chi connectivity index (χ2n) is 3.26. The number of amides is 1. The third kappa shape index (κ3) is 1.20. The van der Waals surface area contributed by atoms with E-state index in [4.69, 9.17) is 5.11 Å². The minimum atomic E-state index is 0.0486. The van der Waals surface area contributed by atoms with Crippen LogP contribution in [0.15, 0.2) is 0 Å². The summed E-state index contributed by atoms with van der Waals surface area (Å²) in [4.78, 5) is 11.0. The van der Waals surface area contributed by atoms with Gasteiger partial charge in [-0.05, 0) is 11.8 Å². The zero-order chi connectivity index (χ0) is 9.30. The number of carbonyl (C=O) groups is 1. The van der Waals surface area contributed by atoms with Gasteiger partial charge in [-0.25, -0.2) is 0 Å². The molecule has 1 saturated heterocycles. The molecule has 4 unspecified atom stereocenters. The fraction of sp³-hybridized carbons (Fsp3) is 0.875. The third-order valence-electron chi connectivity index (χ3n) is 2.74. The van der Waals surface area contributed by atoms with Crippen LogP contribution in [-0.2, 0) is 4.79 Å². The molecule has 1 saturated carbocycles. The Morgan fingerprint density at radius 1 is 1.58 bits per heavy atom.